The number of rotatable bonds is 7. The molecule has 1 aromatic carbocycles. The number of nitrogens with one attached hydrogen (secondary N) is 1. The van der Waals surface area contributed by atoms with Gasteiger partial charge in [0.25, 0.3) is 0 Å². The zero-order valence-corrected chi connectivity index (χ0v) is 16.8. The number of nitrogens with zero attached hydrogens (tertiary/aromatic N) is 3. The van der Waals surface area contributed by atoms with Crippen molar-refractivity contribution in [3.63, 3.8) is 0 Å². The van der Waals surface area contributed by atoms with Crippen molar-refractivity contribution in [3.05, 3.63) is 60.4 Å². The Bertz CT molecular complexity index is 1100. The summed E-state index contributed by atoms with van der Waals surface area (Å²) in [5.74, 6) is 0.818. The summed E-state index contributed by atoms with van der Waals surface area (Å²) in [5.41, 5.74) is 4.78. The van der Waals surface area contributed by atoms with Gasteiger partial charge in [-0.3, -0.25) is 4.98 Å². The fourth-order valence-electron chi connectivity index (χ4n) is 3.04. The summed E-state index contributed by atoms with van der Waals surface area (Å²) in [6, 6.07) is 13.9. The van der Waals surface area contributed by atoms with Crippen molar-refractivity contribution in [2.75, 3.05) is 19.0 Å². The lowest BCUT2D eigenvalue weighted by molar-refractivity contribution is 0.131. The summed E-state index contributed by atoms with van der Waals surface area (Å²) in [6.45, 7) is -0.703. The summed E-state index contributed by atoms with van der Waals surface area (Å²) < 4.78 is 13.5. The van der Waals surface area contributed by atoms with Gasteiger partial charge >= 0.3 is 0 Å². The summed E-state index contributed by atoms with van der Waals surface area (Å²) in [7, 11) is 1.84. The van der Waals surface area contributed by atoms with E-state index in [1.54, 1.807) is 17.5 Å². The van der Waals surface area contributed by atoms with Gasteiger partial charge in [-0.25, -0.2) is 14.4 Å². The van der Waals surface area contributed by atoms with Crippen LogP contribution in [-0.4, -0.2) is 39.9 Å². The van der Waals surface area contributed by atoms with E-state index in [0.717, 1.165) is 43.4 Å². The highest BCUT2D eigenvalue weighted by atomic mass is 32.1. The molecule has 29 heavy (non-hydrogen) atoms. The molecule has 4 rings (SSSR count). The van der Waals surface area contributed by atoms with Crippen molar-refractivity contribution >= 4 is 27.4 Å². The zero-order chi connectivity index (χ0) is 20.2. The van der Waals surface area contributed by atoms with Gasteiger partial charge in [0.2, 0.25) is 0 Å². The minimum atomic E-state index is -0.892. The third-order valence-corrected chi connectivity index (χ3v) is 5.79. The van der Waals surface area contributed by atoms with E-state index in [0.29, 0.717) is 12.8 Å². The van der Waals surface area contributed by atoms with Gasteiger partial charge in [-0.1, -0.05) is 6.07 Å². The summed E-state index contributed by atoms with van der Waals surface area (Å²) in [4.78, 5) is 13.6. The maximum atomic E-state index is 12.4. The van der Waals surface area contributed by atoms with Crippen LogP contribution in [0.3, 0.4) is 0 Å². The monoisotopic (exact) mass is 408 g/mol. The molecule has 0 radical (unpaired) electrons. The maximum absolute atomic E-state index is 12.4. The van der Waals surface area contributed by atoms with Gasteiger partial charge in [-0.2, -0.15) is 0 Å². The Morgan fingerprint density at radius 2 is 1.90 bits per heavy atom. The molecule has 0 aliphatic carbocycles. The molecule has 2 N–H and O–H groups in total. The number of hydrogen-bond acceptors (Lipinski definition) is 6. The molecule has 7 heteroatoms. The number of alkyl halides is 1. The Hall–Kier alpha value is -2.90. The maximum Gasteiger partial charge on any atom is 0.126 e. The van der Waals surface area contributed by atoms with Gasteiger partial charge in [0.05, 0.1) is 22.0 Å². The molecular weight excluding hydrogens is 387 g/mol. The number of thiazole rings is 1. The zero-order valence-electron chi connectivity index (χ0n) is 16.0. The average Bonchev–Trinajstić information content (AvgIpc) is 3.21. The van der Waals surface area contributed by atoms with Crippen LogP contribution in [0.1, 0.15) is 12.0 Å². The first-order valence-corrected chi connectivity index (χ1v) is 10.2. The largest absolute Gasteiger partial charge is 0.390 e. The van der Waals surface area contributed by atoms with Gasteiger partial charge in [0.1, 0.15) is 17.5 Å². The highest BCUT2D eigenvalue weighted by Gasteiger charge is 2.10. The van der Waals surface area contributed by atoms with E-state index >= 15 is 0 Å². The van der Waals surface area contributed by atoms with Gasteiger partial charge in [0, 0.05) is 30.6 Å². The number of fused-ring (bicyclic) bond motifs is 1. The molecule has 0 fully saturated rings. The van der Waals surface area contributed by atoms with Crippen molar-refractivity contribution in [2.45, 2.75) is 18.9 Å². The van der Waals surface area contributed by atoms with E-state index in [4.69, 9.17) is 4.98 Å². The lowest BCUT2D eigenvalue weighted by Crippen LogP contribution is -2.09. The van der Waals surface area contributed by atoms with E-state index in [9.17, 15) is 9.50 Å². The second kappa shape index (κ2) is 8.63. The summed E-state index contributed by atoms with van der Waals surface area (Å²) >= 11 is 1.60. The molecule has 0 saturated carbocycles. The van der Waals surface area contributed by atoms with E-state index < -0.39 is 12.8 Å². The summed E-state index contributed by atoms with van der Waals surface area (Å²) in [6.07, 6.45) is 3.80. The van der Waals surface area contributed by atoms with Gasteiger partial charge in [-0.15, -0.1) is 11.3 Å². The van der Waals surface area contributed by atoms with Gasteiger partial charge in [-0.05, 0) is 54.8 Å². The molecule has 0 bridgehead atoms. The smallest absolute Gasteiger partial charge is 0.126 e. The fraction of sp³-hybridized carbons (Fsp3) is 0.227. The van der Waals surface area contributed by atoms with Crippen molar-refractivity contribution in [3.8, 4) is 21.8 Å². The normalized spacial score (nSPS) is 12.2. The number of aliphatic hydroxyl groups excluding tert-OH is 1. The molecule has 0 saturated heterocycles. The number of aliphatic hydroxyl groups is 1. The second-order valence-corrected chi connectivity index (χ2v) is 7.81. The van der Waals surface area contributed by atoms with Crippen LogP contribution >= 0.6 is 11.3 Å². The topological polar surface area (TPSA) is 70.9 Å². The Morgan fingerprint density at radius 1 is 1.07 bits per heavy atom. The lowest BCUT2D eigenvalue weighted by Gasteiger charge is -2.05. The van der Waals surface area contributed by atoms with E-state index in [-0.39, 0.29) is 0 Å². The van der Waals surface area contributed by atoms with Gasteiger partial charge < -0.3 is 10.4 Å². The SMILES string of the molecule is CNc1ccc(-c2ccc(-c3nc4ccc(CCC(O)CF)cc4s3)cn2)cn1. The van der Waals surface area contributed by atoms with E-state index in [2.05, 4.69) is 21.4 Å². The van der Waals surface area contributed by atoms with Crippen LogP contribution in [0.25, 0.3) is 32.0 Å². The highest BCUT2D eigenvalue weighted by molar-refractivity contribution is 7.21. The third-order valence-electron chi connectivity index (χ3n) is 4.72. The number of hydrogen-bond donors (Lipinski definition) is 2. The van der Waals surface area contributed by atoms with Crippen molar-refractivity contribution in [2.24, 2.45) is 0 Å². The first-order valence-electron chi connectivity index (χ1n) is 9.40. The molecule has 0 amide bonds. The van der Waals surface area contributed by atoms with E-state index in [1.165, 1.54) is 0 Å². The van der Waals surface area contributed by atoms with Crippen molar-refractivity contribution in [1.29, 1.82) is 0 Å². The molecule has 148 valence electrons. The number of aromatic nitrogens is 3. The van der Waals surface area contributed by atoms with Gasteiger partial charge in [0.15, 0.2) is 0 Å². The van der Waals surface area contributed by atoms with Crippen LogP contribution in [0.2, 0.25) is 0 Å². The molecule has 4 aromatic rings. The number of aryl methyl sites for hydroxylation is 1. The Labute approximate surface area is 172 Å². The lowest BCUT2D eigenvalue weighted by atomic mass is 10.1. The molecule has 1 atom stereocenters. The molecule has 1 unspecified atom stereocenters. The standard InChI is InChI=1S/C22H21FN4OS/c1-24-21-9-5-15(12-26-21)18-8-4-16(13-25-18)22-27-19-7-3-14(10-20(19)29-22)2-6-17(28)11-23/h3-5,7-10,12-13,17,28H,2,6,11H2,1H3,(H,24,26). The predicted octanol–water partition coefficient (Wildman–Crippen LogP) is 4.73. The average molecular weight is 409 g/mol. The molecule has 5 nitrogen and oxygen atoms in total. The quantitative estimate of drug-likeness (QED) is 0.463. The van der Waals surface area contributed by atoms with Crippen LogP contribution < -0.4 is 5.32 Å². The molecule has 0 aliphatic rings. The number of benzene rings is 1. The minimum Gasteiger partial charge on any atom is -0.390 e. The van der Waals surface area contributed by atoms with Crippen molar-refractivity contribution in [1.82, 2.24) is 15.0 Å². The molecule has 0 spiro atoms. The van der Waals surface area contributed by atoms with Crippen LogP contribution in [0.5, 0.6) is 0 Å². The number of anilines is 1. The van der Waals surface area contributed by atoms with Crippen LogP contribution in [0.4, 0.5) is 10.2 Å². The number of pyridine rings is 2. The Morgan fingerprint density at radius 3 is 2.59 bits per heavy atom. The molecule has 0 aliphatic heterocycles. The van der Waals surface area contributed by atoms with Crippen LogP contribution in [-0.2, 0) is 6.42 Å². The summed E-state index contributed by atoms with van der Waals surface area (Å²) in [5, 5.41) is 13.3. The third kappa shape index (κ3) is 4.41. The molecule has 3 heterocycles. The minimum absolute atomic E-state index is 0.420. The predicted molar refractivity (Wildman–Crippen MR) is 116 cm³/mol. The molecule has 3 aromatic heterocycles. The first-order chi connectivity index (χ1) is 14.2. The molecular formula is C22H21FN4OS. The second-order valence-electron chi connectivity index (χ2n) is 6.78. The fourth-order valence-corrected chi connectivity index (χ4v) is 4.06. The van der Waals surface area contributed by atoms with E-state index in [1.807, 2.05) is 49.6 Å². The van der Waals surface area contributed by atoms with Crippen LogP contribution in [0, 0.1) is 0 Å². The Kier molecular flexibility index (Phi) is 5.78. The number of halogens is 1. The van der Waals surface area contributed by atoms with Crippen molar-refractivity contribution < 1.29 is 9.50 Å². The highest BCUT2D eigenvalue weighted by Crippen LogP contribution is 2.31. The first kappa shape index (κ1) is 19.4. The Balaban J connectivity index is 1.54. The van der Waals surface area contributed by atoms with Crippen LogP contribution in [0.15, 0.2) is 54.9 Å².